The molecule has 11 heteroatoms. The molecule has 1 heterocycles. The smallest absolute Gasteiger partial charge is 0.417 e. The number of carbonyl (C=O) groups is 2. The van der Waals surface area contributed by atoms with E-state index in [2.05, 4.69) is 16.9 Å². The molecule has 0 fully saturated rings. The van der Waals surface area contributed by atoms with Crippen molar-refractivity contribution in [3.05, 3.63) is 87.7 Å². The van der Waals surface area contributed by atoms with Gasteiger partial charge < -0.3 is 10.2 Å². The highest BCUT2D eigenvalue weighted by atomic mass is 35.5. The highest BCUT2D eigenvalue weighted by Gasteiger charge is 2.37. The van der Waals surface area contributed by atoms with E-state index in [1.807, 2.05) is 0 Å². The summed E-state index contributed by atoms with van der Waals surface area (Å²) < 4.78 is 56.7. The number of hydrogen-bond acceptors (Lipinski definition) is 4. The monoisotopic (exact) mass is 530 g/mol. The summed E-state index contributed by atoms with van der Waals surface area (Å²) in [6.07, 6.45) is -5.88. The zero-order valence-electron chi connectivity index (χ0n) is 18.8. The van der Waals surface area contributed by atoms with Crippen molar-refractivity contribution < 1.29 is 37.4 Å². The highest BCUT2D eigenvalue weighted by molar-refractivity contribution is 6.34. The molecule has 2 N–H and O–H groups in total. The van der Waals surface area contributed by atoms with Gasteiger partial charge in [0.15, 0.2) is 0 Å². The average Bonchev–Trinajstić information content (AvgIpc) is 3.20. The van der Waals surface area contributed by atoms with Crippen molar-refractivity contribution in [2.45, 2.75) is 19.2 Å². The molecule has 0 radical (unpaired) electrons. The Hall–Kier alpha value is -4.20. The molecule has 1 aromatic heterocycles. The Labute approximate surface area is 211 Å². The van der Waals surface area contributed by atoms with Crippen LogP contribution in [0, 0.1) is 17.7 Å². The molecule has 0 aliphatic carbocycles. The third-order valence-corrected chi connectivity index (χ3v) is 5.62. The number of benzene rings is 3. The molecule has 0 amide bonds. The lowest BCUT2D eigenvalue weighted by molar-refractivity contribution is -0.137. The molecule has 0 aliphatic rings. The minimum absolute atomic E-state index is 0.00727. The van der Waals surface area contributed by atoms with Gasteiger partial charge in [0.2, 0.25) is 0 Å². The van der Waals surface area contributed by atoms with Crippen molar-refractivity contribution in [3.8, 4) is 23.1 Å². The highest BCUT2D eigenvalue weighted by Crippen LogP contribution is 2.37. The number of fused-ring (bicyclic) bond motifs is 1. The van der Waals surface area contributed by atoms with Crippen LogP contribution in [0.5, 0.6) is 0 Å². The van der Waals surface area contributed by atoms with Crippen LogP contribution in [0.15, 0.2) is 54.6 Å². The third-order valence-electron chi connectivity index (χ3n) is 5.30. The number of aromatic carboxylic acids is 1. The number of halogens is 5. The molecule has 6 nitrogen and oxygen atoms in total. The van der Waals surface area contributed by atoms with Gasteiger partial charge in [0, 0.05) is 16.5 Å². The van der Waals surface area contributed by atoms with E-state index >= 15 is 0 Å². The van der Waals surface area contributed by atoms with Crippen LogP contribution < -0.4 is 0 Å². The van der Waals surface area contributed by atoms with Gasteiger partial charge in [-0.2, -0.15) is 23.0 Å². The number of carboxylic acids is 1. The van der Waals surface area contributed by atoms with E-state index in [-0.39, 0.29) is 27.7 Å². The second-order valence-corrected chi connectivity index (χ2v) is 8.31. The van der Waals surface area contributed by atoms with Gasteiger partial charge in [-0.25, -0.2) is 9.18 Å². The summed E-state index contributed by atoms with van der Waals surface area (Å²) in [4.78, 5) is 24.7. The van der Waals surface area contributed by atoms with Crippen LogP contribution in [0.4, 0.5) is 17.6 Å². The largest absolute Gasteiger partial charge is 0.478 e. The number of carbonyl (C=O) groups excluding carboxylic acids is 1. The molecule has 0 saturated carbocycles. The van der Waals surface area contributed by atoms with Gasteiger partial charge in [0.25, 0.3) is 5.91 Å². The van der Waals surface area contributed by atoms with Crippen molar-refractivity contribution in [2.75, 3.05) is 0 Å². The molecule has 4 aromatic rings. The first-order valence-corrected chi connectivity index (χ1v) is 10.9. The standard InChI is InChI=1S/C26H15ClF4N2O4/c1-13(34)5-6-14-7-9-17-21(11-14)33(24(35)22-18(26(29,30)31)3-2-4-19(22)27)32-23(17)16-10-8-15(25(36)37)12-20(16)28/h2-4,7-13,34H,1H3,(H,36,37). The van der Waals surface area contributed by atoms with Gasteiger partial charge in [0.1, 0.15) is 17.6 Å². The lowest BCUT2D eigenvalue weighted by atomic mass is 10.0. The fraction of sp³-hybridized carbons (Fsp3) is 0.115. The van der Waals surface area contributed by atoms with Crippen molar-refractivity contribution in [1.29, 1.82) is 0 Å². The van der Waals surface area contributed by atoms with E-state index in [1.54, 1.807) is 0 Å². The molecule has 3 aromatic carbocycles. The van der Waals surface area contributed by atoms with E-state index in [1.165, 1.54) is 25.1 Å². The van der Waals surface area contributed by atoms with Gasteiger partial charge in [-0.15, -0.1) is 0 Å². The molecular formula is C26H15ClF4N2O4. The number of alkyl halides is 3. The Balaban J connectivity index is 2.01. The van der Waals surface area contributed by atoms with Gasteiger partial charge in [-0.05, 0) is 55.5 Å². The minimum atomic E-state index is -4.91. The summed E-state index contributed by atoms with van der Waals surface area (Å²) in [7, 11) is 0. The molecular weight excluding hydrogens is 516 g/mol. The number of rotatable bonds is 3. The van der Waals surface area contributed by atoms with Gasteiger partial charge in [0.05, 0.1) is 27.2 Å². The maximum atomic E-state index is 14.9. The Bertz CT molecular complexity index is 1630. The van der Waals surface area contributed by atoms with Crippen LogP contribution in [-0.2, 0) is 6.18 Å². The normalized spacial score (nSPS) is 12.2. The van der Waals surface area contributed by atoms with E-state index in [0.29, 0.717) is 16.3 Å². The van der Waals surface area contributed by atoms with E-state index in [9.17, 15) is 32.3 Å². The van der Waals surface area contributed by atoms with Crippen molar-refractivity contribution in [2.24, 2.45) is 0 Å². The first-order valence-electron chi connectivity index (χ1n) is 10.5. The molecule has 1 atom stereocenters. The van der Waals surface area contributed by atoms with Gasteiger partial charge in [-0.3, -0.25) is 4.79 Å². The third kappa shape index (κ3) is 5.05. The molecule has 37 heavy (non-hydrogen) atoms. The summed E-state index contributed by atoms with van der Waals surface area (Å²) >= 11 is 6.02. The van der Waals surface area contributed by atoms with Crippen LogP contribution in [0.3, 0.4) is 0 Å². The van der Waals surface area contributed by atoms with Crippen LogP contribution in [0.25, 0.3) is 22.2 Å². The number of hydrogen-bond donors (Lipinski definition) is 2. The van der Waals surface area contributed by atoms with E-state index < -0.39 is 46.1 Å². The summed E-state index contributed by atoms with van der Waals surface area (Å²) in [5, 5.41) is 22.4. The van der Waals surface area contributed by atoms with Crippen molar-refractivity contribution in [3.63, 3.8) is 0 Å². The molecule has 0 aliphatic heterocycles. The van der Waals surface area contributed by atoms with Crippen molar-refractivity contribution >= 4 is 34.4 Å². The van der Waals surface area contributed by atoms with E-state index in [4.69, 9.17) is 16.7 Å². The molecule has 4 rings (SSSR count). The Morgan fingerprint density at radius 2 is 1.84 bits per heavy atom. The summed E-state index contributed by atoms with van der Waals surface area (Å²) in [5.74, 6) is 1.63. The second kappa shape index (κ2) is 9.69. The van der Waals surface area contributed by atoms with Crippen LogP contribution in [-0.4, -0.2) is 38.0 Å². The second-order valence-electron chi connectivity index (χ2n) is 7.90. The Morgan fingerprint density at radius 3 is 2.46 bits per heavy atom. The van der Waals surface area contributed by atoms with Crippen LogP contribution in [0.2, 0.25) is 5.02 Å². The van der Waals surface area contributed by atoms with Gasteiger partial charge >= 0.3 is 12.1 Å². The summed E-state index contributed by atoms with van der Waals surface area (Å²) in [5.41, 5.74) is -2.47. The molecule has 1 unspecified atom stereocenters. The lowest BCUT2D eigenvalue weighted by Crippen LogP contribution is -2.20. The van der Waals surface area contributed by atoms with E-state index in [0.717, 1.165) is 30.3 Å². The predicted octanol–water partition coefficient (Wildman–Crippen LogP) is 5.63. The topological polar surface area (TPSA) is 92.4 Å². The quantitative estimate of drug-likeness (QED) is 0.264. The number of carboxylic acid groups (broad SMARTS) is 1. The SMILES string of the molecule is CC(O)C#Cc1ccc2c(-c3ccc(C(=O)O)cc3F)nn(C(=O)c3c(Cl)cccc3C(F)(F)F)c2c1. The van der Waals surface area contributed by atoms with Gasteiger partial charge in [-0.1, -0.05) is 29.5 Å². The lowest BCUT2D eigenvalue weighted by Gasteiger charge is -2.13. The zero-order valence-corrected chi connectivity index (χ0v) is 19.5. The predicted molar refractivity (Wildman–Crippen MR) is 127 cm³/mol. The fourth-order valence-electron chi connectivity index (χ4n) is 3.66. The molecule has 0 saturated heterocycles. The fourth-order valence-corrected chi connectivity index (χ4v) is 3.91. The first kappa shape index (κ1) is 25.9. The molecule has 0 bridgehead atoms. The molecule has 0 spiro atoms. The van der Waals surface area contributed by atoms with Crippen molar-refractivity contribution in [1.82, 2.24) is 9.78 Å². The van der Waals surface area contributed by atoms with Crippen LogP contribution >= 0.6 is 11.6 Å². The maximum Gasteiger partial charge on any atom is 0.417 e. The summed E-state index contributed by atoms with van der Waals surface area (Å²) in [6.45, 7) is 1.43. The average molecular weight is 531 g/mol. The zero-order chi connectivity index (χ0) is 27.1. The number of aromatic nitrogens is 2. The number of nitrogens with zero attached hydrogens (tertiary/aromatic N) is 2. The Morgan fingerprint density at radius 1 is 1.11 bits per heavy atom. The number of aliphatic hydroxyl groups is 1. The minimum Gasteiger partial charge on any atom is -0.478 e. The Kier molecular flexibility index (Phi) is 6.78. The first-order chi connectivity index (χ1) is 17.4. The summed E-state index contributed by atoms with van der Waals surface area (Å²) in [6, 6.07) is 10.2. The molecule has 188 valence electrons. The maximum absolute atomic E-state index is 14.9. The van der Waals surface area contributed by atoms with Crippen LogP contribution in [0.1, 0.15) is 38.8 Å². The number of aliphatic hydroxyl groups excluding tert-OH is 1.